The van der Waals surface area contributed by atoms with Crippen molar-refractivity contribution in [2.24, 2.45) is 0 Å². The molecule has 0 N–H and O–H groups in total. The lowest BCUT2D eigenvalue weighted by atomic mass is 10.1. The van der Waals surface area contributed by atoms with E-state index in [0.29, 0.717) is 11.7 Å². The third kappa shape index (κ3) is 3.70. The van der Waals surface area contributed by atoms with Crippen LogP contribution in [0.25, 0.3) is 0 Å². The maximum atomic E-state index is 11.8. The smallest absolute Gasteiger partial charge is 0.253 e. The number of benzene rings is 1. The molecule has 0 aromatic heterocycles. The molecule has 0 saturated carbocycles. The Hall–Kier alpha value is -1.55. The number of piperidine rings is 1. The van der Waals surface area contributed by atoms with Crippen LogP contribution in [-0.2, 0) is 0 Å². The van der Waals surface area contributed by atoms with Gasteiger partial charge in [0.05, 0.1) is 0 Å². The van der Waals surface area contributed by atoms with Gasteiger partial charge >= 0.3 is 0 Å². The number of rotatable bonds is 3. The molecule has 1 aliphatic rings. The molecule has 1 saturated heterocycles. The van der Waals surface area contributed by atoms with E-state index in [1.54, 1.807) is 19.0 Å². The summed E-state index contributed by atoms with van der Waals surface area (Å²) in [5.41, 5.74) is 0.695. The molecule has 0 spiro atoms. The first kappa shape index (κ1) is 13.9. The summed E-state index contributed by atoms with van der Waals surface area (Å²) in [6.07, 6.45) is 2.43. The zero-order chi connectivity index (χ0) is 13.8. The molecule has 4 nitrogen and oxygen atoms in total. The summed E-state index contributed by atoms with van der Waals surface area (Å²) in [5, 5.41) is 0. The summed E-state index contributed by atoms with van der Waals surface area (Å²) in [5.74, 6) is 0.871. The van der Waals surface area contributed by atoms with Crippen molar-refractivity contribution >= 4 is 5.91 Å². The van der Waals surface area contributed by atoms with Crippen LogP contribution in [0.2, 0.25) is 0 Å². The highest BCUT2D eigenvalue weighted by atomic mass is 16.5. The maximum Gasteiger partial charge on any atom is 0.253 e. The molecule has 1 aromatic carbocycles. The second-order valence-electron chi connectivity index (χ2n) is 5.34. The largest absolute Gasteiger partial charge is 0.490 e. The van der Waals surface area contributed by atoms with Crippen LogP contribution in [-0.4, -0.2) is 56.0 Å². The van der Waals surface area contributed by atoms with Gasteiger partial charge in [-0.25, -0.2) is 0 Å². The van der Waals surface area contributed by atoms with Crippen LogP contribution in [0.5, 0.6) is 5.75 Å². The Morgan fingerprint density at radius 3 is 2.32 bits per heavy atom. The molecule has 4 heteroatoms. The highest BCUT2D eigenvalue weighted by Gasteiger charge is 2.18. The fourth-order valence-corrected chi connectivity index (χ4v) is 2.23. The van der Waals surface area contributed by atoms with Gasteiger partial charge in [0.15, 0.2) is 0 Å². The minimum absolute atomic E-state index is 0.0193. The fourth-order valence-electron chi connectivity index (χ4n) is 2.23. The van der Waals surface area contributed by atoms with E-state index < -0.39 is 0 Å². The lowest BCUT2D eigenvalue weighted by molar-refractivity contribution is 0.0827. The second-order valence-corrected chi connectivity index (χ2v) is 5.34. The molecule has 1 aromatic rings. The number of amides is 1. The third-order valence-electron chi connectivity index (χ3n) is 3.48. The standard InChI is InChI=1S/C15H22N2O2/c1-16(2)15(18)12-4-6-13(7-5-12)19-14-8-10-17(3)11-9-14/h4-7,14H,8-11H2,1-3H3. The maximum absolute atomic E-state index is 11.8. The Morgan fingerprint density at radius 1 is 1.21 bits per heavy atom. The van der Waals surface area contributed by atoms with Crippen molar-refractivity contribution in [2.75, 3.05) is 34.2 Å². The van der Waals surface area contributed by atoms with Crippen LogP contribution in [0.3, 0.4) is 0 Å². The first-order valence-corrected chi connectivity index (χ1v) is 6.73. The molecule has 1 fully saturated rings. The van der Waals surface area contributed by atoms with E-state index >= 15 is 0 Å². The molecule has 0 aliphatic carbocycles. The Morgan fingerprint density at radius 2 is 1.79 bits per heavy atom. The zero-order valence-corrected chi connectivity index (χ0v) is 11.9. The van der Waals surface area contributed by atoms with Crippen LogP contribution in [0, 0.1) is 0 Å². The summed E-state index contributed by atoms with van der Waals surface area (Å²) in [4.78, 5) is 15.7. The first-order chi connectivity index (χ1) is 9.06. The van der Waals surface area contributed by atoms with Crippen molar-refractivity contribution in [3.8, 4) is 5.75 Å². The monoisotopic (exact) mass is 262 g/mol. The quantitative estimate of drug-likeness (QED) is 0.833. The summed E-state index contributed by atoms with van der Waals surface area (Å²) in [6.45, 7) is 2.17. The van der Waals surface area contributed by atoms with Gasteiger partial charge in [-0.1, -0.05) is 0 Å². The zero-order valence-electron chi connectivity index (χ0n) is 11.9. The number of hydrogen-bond acceptors (Lipinski definition) is 3. The molecule has 1 heterocycles. The molecule has 0 radical (unpaired) electrons. The molecule has 2 rings (SSSR count). The van der Waals surface area contributed by atoms with E-state index in [9.17, 15) is 4.79 Å². The number of hydrogen-bond donors (Lipinski definition) is 0. The normalized spacial score (nSPS) is 17.2. The summed E-state index contributed by atoms with van der Waals surface area (Å²) >= 11 is 0. The first-order valence-electron chi connectivity index (χ1n) is 6.73. The van der Waals surface area contributed by atoms with Crippen molar-refractivity contribution in [3.63, 3.8) is 0 Å². The van der Waals surface area contributed by atoms with Crippen LogP contribution in [0.4, 0.5) is 0 Å². The molecule has 0 unspecified atom stereocenters. The predicted molar refractivity (Wildman–Crippen MR) is 75.6 cm³/mol. The summed E-state index contributed by atoms with van der Waals surface area (Å²) in [6, 6.07) is 7.42. The van der Waals surface area contributed by atoms with Gasteiger partial charge in [0.2, 0.25) is 0 Å². The third-order valence-corrected chi connectivity index (χ3v) is 3.48. The van der Waals surface area contributed by atoms with Gasteiger partial charge < -0.3 is 14.5 Å². The van der Waals surface area contributed by atoms with E-state index in [2.05, 4.69) is 11.9 Å². The lowest BCUT2D eigenvalue weighted by Gasteiger charge is -2.29. The Balaban J connectivity index is 1.93. The highest BCUT2D eigenvalue weighted by Crippen LogP contribution is 2.19. The molecular weight excluding hydrogens is 240 g/mol. The topological polar surface area (TPSA) is 32.8 Å². The Labute approximate surface area is 115 Å². The molecular formula is C15H22N2O2. The number of ether oxygens (including phenoxy) is 1. The predicted octanol–water partition coefficient (Wildman–Crippen LogP) is 1.86. The SMILES string of the molecule is CN1CCC(Oc2ccc(C(=O)N(C)C)cc2)CC1. The van der Waals surface area contributed by atoms with Crippen LogP contribution in [0.15, 0.2) is 24.3 Å². The van der Waals surface area contributed by atoms with Gasteiger partial charge in [-0.3, -0.25) is 4.79 Å². The lowest BCUT2D eigenvalue weighted by Crippen LogP contribution is -2.35. The van der Waals surface area contributed by atoms with Gasteiger partial charge in [0.1, 0.15) is 11.9 Å². The molecule has 19 heavy (non-hydrogen) atoms. The van der Waals surface area contributed by atoms with Crippen molar-refractivity contribution < 1.29 is 9.53 Å². The van der Waals surface area contributed by atoms with Gasteiger partial charge in [0, 0.05) is 32.7 Å². The van der Waals surface area contributed by atoms with E-state index in [1.807, 2.05) is 24.3 Å². The number of nitrogens with zero attached hydrogens (tertiary/aromatic N) is 2. The Kier molecular flexibility index (Phi) is 4.43. The fraction of sp³-hybridized carbons (Fsp3) is 0.533. The highest BCUT2D eigenvalue weighted by molar-refractivity contribution is 5.93. The number of carbonyl (C=O) groups excluding carboxylic acids is 1. The minimum Gasteiger partial charge on any atom is -0.490 e. The van der Waals surface area contributed by atoms with Crippen LogP contribution < -0.4 is 4.74 Å². The van der Waals surface area contributed by atoms with Crippen molar-refractivity contribution in [3.05, 3.63) is 29.8 Å². The van der Waals surface area contributed by atoms with E-state index in [-0.39, 0.29) is 5.91 Å². The Bertz CT molecular complexity index is 420. The minimum atomic E-state index is 0.0193. The average molecular weight is 262 g/mol. The number of likely N-dealkylation sites (tertiary alicyclic amines) is 1. The van der Waals surface area contributed by atoms with Gasteiger partial charge in [-0.15, -0.1) is 0 Å². The van der Waals surface area contributed by atoms with Crippen LogP contribution in [0.1, 0.15) is 23.2 Å². The summed E-state index contributed by atoms with van der Waals surface area (Å²) < 4.78 is 5.95. The van der Waals surface area contributed by atoms with E-state index in [1.165, 1.54) is 0 Å². The van der Waals surface area contributed by atoms with Gasteiger partial charge in [-0.05, 0) is 44.2 Å². The van der Waals surface area contributed by atoms with Gasteiger partial charge in [-0.2, -0.15) is 0 Å². The van der Waals surface area contributed by atoms with Gasteiger partial charge in [0.25, 0.3) is 5.91 Å². The van der Waals surface area contributed by atoms with Crippen molar-refractivity contribution in [1.82, 2.24) is 9.80 Å². The van der Waals surface area contributed by atoms with E-state index in [0.717, 1.165) is 31.7 Å². The van der Waals surface area contributed by atoms with E-state index in [4.69, 9.17) is 4.74 Å². The number of carbonyl (C=O) groups is 1. The second kappa shape index (κ2) is 6.06. The molecule has 0 bridgehead atoms. The molecule has 1 amide bonds. The molecule has 0 atom stereocenters. The molecule has 1 aliphatic heterocycles. The van der Waals surface area contributed by atoms with Crippen LogP contribution >= 0.6 is 0 Å². The molecule has 104 valence electrons. The average Bonchev–Trinajstić information content (AvgIpc) is 2.41. The van der Waals surface area contributed by atoms with Crippen molar-refractivity contribution in [2.45, 2.75) is 18.9 Å². The summed E-state index contributed by atoms with van der Waals surface area (Å²) in [7, 11) is 5.65. The van der Waals surface area contributed by atoms with Crippen molar-refractivity contribution in [1.29, 1.82) is 0 Å².